The number of fused-ring (bicyclic) bond motifs is 1. The van der Waals surface area contributed by atoms with Gasteiger partial charge >= 0.3 is 0 Å². The van der Waals surface area contributed by atoms with Crippen molar-refractivity contribution >= 4 is 11.6 Å². The van der Waals surface area contributed by atoms with Crippen molar-refractivity contribution in [2.24, 2.45) is 16.7 Å². The maximum atomic E-state index is 12.7. The SMILES string of the molecule is CN1CCC2(CC1)CC(=O)c1c(cccc1/C(N)=N/NN)O2. The Morgan fingerprint density at radius 3 is 2.82 bits per heavy atom. The van der Waals surface area contributed by atoms with Crippen molar-refractivity contribution < 1.29 is 9.53 Å². The van der Waals surface area contributed by atoms with E-state index in [2.05, 4.69) is 22.6 Å². The molecule has 2 aliphatic heterocycles. The molecule has 7 nitrogen and oxygen atoms in total. The summed E-state index contributed by atoms with van der Waals surface area (Å²) in [6.45, 7) is 1.87. The van der Waals surface area contributed by atoms with Gasteiger partial charge in [-0.25, -0.2) is 11.4 Å². The Morgan fingerprint density at radius 1 is 1.41 bits per heavy atom. The summed E-state index contributed by atoms with van der Waals surface area (Å²) in [6, 6.07) is 5.39. The largest absolute Gasteiger partial charge is 0.486 e. The van der Waals surface area contributed by atoms with Crippen LogP contribution in [0, 0.1) is 0 Å². The molecule has 2 aliphatic rings. The lowest BCUT2D eigenvalue weighted by Crippen LogP contribution is -2.50. The van der Waals surface area contributed by atoms with Crippen molar-refractivity contribution in [2.75, 3.05) is 20.1 Å². The molecule has 1 aromatic carbocycles. The normalized spacial score (nSPS) is 21.4. The van der Waals surface area contributed by atoms with E-state index in [0.29, 0.717) is 23.3 Å². The summed E-state index contributed by atoms with van der Waals surface area (Å²) < 4.78 is 6.24. The molecule has 0 aromatic heterocycles. The lowest BCUT2D eigenvalue weighted by Gasteiger charge is -2.43. The maximum absolute atomic E-state index is 12.7. The van der Waals surface area contributed by atoms with E-state index in [9.17, 15) is 4.79 Å². The van der Waals surface area contributed by atoms with Crippen LogP contribution in [-0.4, -0.2) is 42.3 Å². The van der Waals surface area contributed by atoms with Gasteiger partial charge in [-0.1, -0.05) is 12.1 Å². The van der Waals surface area contributed by atoms with Crippen molar-refractivity contribution in [3.8, 4) is 5.75 Å². The number of rotatable bonds is 2. The zero-order chi connectivity index (χ0) is 15.7. The second kappa shape index (κ2) is 5.58. The topological polar surface area (TPSA) is 106 Å². The second-order valence-electron chi connectivity index (χ2n) is 5.99. The quantitative estimate of drug-likeness (QED) is 0.312. The van der Waals surface area contributed by atoms with Gasteiger partial charge in [-0.2, -0.15) is 0 Å². The number of amidine groups is 1. The summed E-state index contributed by atoms with van der Waals surface area (Å²) in [6.07, 6.45) is 2.09. The molecular formula is C15H21N5O2. The molecule has 1 fully saturated rings. The molecule has 5 N–H and O–H groups in total. The number of nitrogens with one attached hydrogen (secondary N) is 1. The molecule has 7 heteroatoms. The minimum atomic E-state index is -0.382. The highest BCUT2D eigenvalue weighted by atomic mass is 16.5. The molecule has 1 aromatic rings. The van der Waals surface area contributed by atoms with Crippen molar-refractivity contribution in [2.45, 2.75) is 24.9 Å². The van der Waals surface area contributed by atoms with Crippen LogP contribution in [0.4, 0.5) is 0 Å². The summed E-state index contributed by atoms with van der Waals surface area (Å²) in [5, 5.41) is 3.76. The molecule has 0 aliphatic carbocycles. The third-order valence-corrected chi connectivity index (χ3v) is 4.47. The first-order chi connectivity index (χ1) is 10.5. The standard InChI is InChI=1S/C15H21N5O2/c1-20-7-5-15(6-8-20)9-11(21)13-10(14(16)18-19-17)3-2-4-12(13)22-15/h2-4,19H,5-9,17H2,1H3,(H2,16,18). The second-order valence-corrected chi connectivity index (χ2v) is 5.99. The van der Waals surface area contributed by atoms with E-state index >= 15 is 0 Å². The Bertz CT molecular complexity index is 620. The number of ketones is 1. The highest BCUT2D eigenvalue weighted by Gasteiger charge is 2.43. The molecule has 0 radical (unpaired) electrons. The molecule has 118 valence electrons. The highest BCUT2D eigenvalue weighted by molar-refractivity contribution is 6.11. The van der Waals surface area contributed by atoms with Gasteiger partial charge in [-0.05, 0) is 13.1 Å². The zero-order valence-corrected chi connectivity index (χ0v) is 12.6. The van der Waals surface area contributed by atoms with Gasteiger partial charge in [0.05, 0.1) is 12.0 Å². The average molecular weight is 303 g/mol. The predicted molar refractivity (Wildman–Crippen MR) is 83.5 cm³/mol. The van der Waals surface area contributed by atoms with Crippen molar-refractivity contribution in [1.29, 1.82) is 0 Å². The van der Waals surface area contributed by atoms with Crippen molar-refractivity contribution in [3.05, 3.63) is 29.3 Å². The van der Waals surface area contributed by atoms with E-state index in [4.69, 9.17) is 16.3 Å². The highest BCUT2D eigenvalue weighted by Crippen LogP contribution is 2.40. The molecule has 1 saturated heterocycles. The first-order valence-corrected chi connectivity index (χ1v) is 7.37. The van der Waals surface area contributed by atoms with E-state index in [-0.39, 0.29) is 17.2 Å². The number of hydrazone groups is 1. The van der Waals surface area contributed by atoms with E-state index in [1.807, 2.05) is 12.1 Å². The lowest BCUT2D eigenvalue weighted by molar-refractivity contribution is -0.00370. The molecule has 0 saturated carbocycles. The van der Waals surface area contributed by atoms with Gasteiger partial charge < -0.3 is 15.4 Å². The van der Waals surface area contributed by atoms with Gasteiger partial charge in [-0.3, -0.25) is 4.79 Å². The van der Waals surface area contributed by atoms with Gasteiger partial charge in [0, 0.05) is 31.5 Å². The summed E-state index contributed by atoms with van der Waals surface area (Å²) >= 11 is 0. The van der Waals surface area contributed by atoms with E-state index in [1.165, 1.54) is 0 Å². The number of hydrogen-bond acceptors (Lipinski definition) is 6. The summed E-state index contributed by atoms with van der Waals surface area (Å²) in [7, 11) is 2.08. The molecule has 0 amide bonds. The third kappa shape index (κ3) is 2.53. The number of likely N-dealkylation sites (tertiary alicyclic amines) is 1. The molecule has 0 bridgehead atoms. The molecular weight excluding hydrogens is 282 g/mol. The number of hydrazine groups is 1. The van der Waals surface area contributed by atoms with E-state index < -0.39 is 0 Å². The number of carbonyl (C=O) groups excluding carboxylic acids is 1. The van der Waals surface area contributed by atoms with Crippen molar-refractivity contribution in [3.63, 3.8) is 0 Å². The molecule has 2 heterocycles. The molecule has 1 spiro atoms. The number of benzene rings is 1. The number of hydrogen-bond donors (Lipinski definition) is 3. The minimum Gasteiger partial charge on any atom is -0.486 e. The van der Waals surface area contributed by atoms with Crippen LogP contribution in [0.2, 0.25) is 0 Å². The predicted octanol–water partition coefficient (Wildman–Crippen LogP) is 0.200. The summed E-state index contributed by atoms with van der Waals surface area (Å²) in [4.78, 5) is 15.0. The Labute approximate surface area is 129 Å². The monoisotopic (exact) mass is 303 g/mol. The Hall–Kier alpha value is -2.12. The van der Waals surface area contributed by atoms with Crippen LogP contribution in [0.15, 0.2) is 23.3 Å². The Kier molecular flexibility index (Phi) is 3.76. The summed E-state index contributed by atoms with van der Waals surface area (Å²) in [5.74, 6) is 5.98. The molecule has 22 heavy (non-hydrogen) atoms. The summed E-state index contributed by atoms with van der Waals surface area (Å²) in [5.41, 5.74) is 8.71. The van der Waals surface area contributed by atoms with E-state index in [1.54, 1.807) is 6.07 Å². The smallest absolute Gasteiger partial charge is 0.171 e. The fourth-order valence-corrected chi connectivity index (χ4v) is 3.20. The average Bonchev–Trinajstić information content (AvgIpc) is 2.50. The minimum absolute atomic E-state index is 0.0524. The van der Waals surface area contributed by atoms with Crippen LogP contribution in [-0.2, 0) is 0 Å². The van der Waals surface area contributed by atoms with Crippen molar-refractivity contribution in [1.82, 2.24) is 10.4 Å². The lowest BCUT2D eigenvalue weighted by atomic mass is 9.81. The van der Waals surface area contributed by atoms with E-state index in [0.717, 1.165) is 25.9 Å². The van der Waals surface area contributed by atoms with Gasteiger partial charge in [0.2, 0.25) is 0 Å². The first kappa shape index (κ1) is 14.8. The third-order valence-electron chi connectivity index (χ3n) is 4.47. The van der Waals surface area contributed by atoms with Crippen LogP contribution in [0.3, 0.4) is 0 Å². The van der Waals surface area contributed by atoms with Crippen LogP contribution < -0.4 is 21.8 Å². The number of Topliss-reactive ketones (excluding diaryl/α,β-unsaturated/α-hetero) is 1. The maximum Gasteiger partial charge on any atom is 0.171 e. The number of nitrogens with zero attached hydrogens (tertiary/aromatic N) is 2. The fourth-order valence-electron chi connectivity index (χ4n) is 3.20. The Morgan fingerprint density at radius 2 is 2.14 bits per heavy atom. The number of ether oxygens (including phenoxy) is 1. The van der Waals surface area contributed by atoms with Crippen LogP contribution >= 0.6 is 0 Å². The number of carbonyl (C=O) groups is 1. The first-order valence-electron chi connectivity index (χ1n) is 7.37. The van der Waals surface area contributed by atoms with Crippen LogP contribution in [0.5, 0.6) is 5.75 Å². The van der Waals surface area contributed by atoms with Gasteiger partial charge in [0.1, 0.15) is 11.4 Å². The Balaban J connectivity index is 1.97. The van der Waals surface area contributed by atoms with Gasteiger partial charge in [0.25, 0.3) is 0 Å². The zero-order valence-electron chi connectivity index (χ0n) is 12.6. The molecule has 0 unspecified atom stereocenters. The van der Waals surface area contributed by atoms with Crippen LogP contribution in [0.1, 0.15) is 35.2 Å². The number of piperidine rings is 1. The van der Waals surface area contributed by atoms with Crippen LogP contribution in [0.25, 0.3) is 0 Å². The molecule has 0 atom stereocenters. The molecule has 3 rings (SSSR count). The van der Waals surface area contributed by atoms with Gasteiger partial charge in [0.15, 0.2) is 11.6 Å². The fraction of sp³-hybridized carbons (Fsp3) is 0.467. The number of nitrogens with two attached hydrogens (primary N) is 2. The van der Waals surface area contributed by atoms with Gasteiger partial charge in [-0.15, -0.1) is 5.10 Å².